The number of nitrogens with one attached hydrogen (secondary N) is 3. The van der Waals surface area contributed by atoms with Crippen LogP contribution in [0, 0.1) is 12.8 Å². The number of carbonyl (C=O) groups excluding carboxylic acids is 1. The van der Waals surface area contributed by atoms with Crippen molar-refractivity contribution in [3.05, 3.63) is 52.5 Å². The fraction of sp³-hybridized carbons (Fsp3) is 0.278. The van der Waals surface area contributed by atoms with E-state index in [-0.39, 0.29) is 12.1 Å². The lowest BCUT2D eigenvalue weighted by atomic mass is 10.0. The highest BCUT2D eigenvalue weighted by Gasteiger charge is 2.19. The van der Waals surface area contributed by atoms with Gasteiger partial charge in [-0.3, -0.25) is 5.10 Å². The smallest absolute Gasteiger partial charge is 0.319 e. The van der Waals surface area contributed by atoms with Gasteiger partial charge in [-0.15, -0.1) is 11.3 Å². The van der Waals surface area contributed by atoms with Crippen LogP contribution < -0.4 is 10.6 Å². The molecule has 0 radical (unpaired) electrons. The summed E-state index contributed by atoms with van der Waals surface area (Å²) >= 11 is 1.65. The van der Waals surface area contributed by atoms with Gasteiger partial charge in [0.25, 0.3) is 0 Å². The molecule has 0 aliphatic rings. The molecule has 0 aliphatic heterocycles. The number of aromatic amines is 1. The lowest BCUT2D eigenvalue weighted by Crippen LogP contribution is -2.34. The minimum absolute atomic E-state index is 0.0150. The molecule has 1 unspecified atom stereocenters. The summed E-state index contributed by atoms with van der Waals surface area (Å²) in [4.78, 5) is 17.9. The SMILES string of the molecule is Cc1nc(-c2cccc(NC(=O)NC(c3cccs3)C(C)C)c2)n[nH]1. The number of urea groups is 1. The van der Waals surface area contributed by atoms with E-state index in [0.29, 0.717) is 17.4 Å². The van der Waals surface area contributed by atoms with Crippen molar-refractivity contribution in [1.29, 1.82) is 0 Å². The molecule has 0 saturated carbocycles. The lowest BCUT2D eigenvalue weighted by Gasteiger charge is -2.21. The lowest BCUT2D eigenvalue weighted by molar-refractivity contribution is 0.245. The first kappa shape index (κ1) is 17.2. The van der Waals surface area contributed by atoms with Crippen LogP contribution in [-0.4, -0.2) is 21.2 Å². The second-order valence-corrected chi connectivity index (χ2v) is 7.14. The highest BCUT2D eigenvalue weighted by molar-refractivity contribution is 7.10. The number of nitrogens with zero attached hydrogens (tertiary/aromatic N) is 2. The van der Waals surface area contributed by atoms with Crippen molar-refractivity contribution < 1.29 is 4.79 Å². The number of carbonyl (C=O) groups is 1. The van der Waals surface area contributed by atoms with Crippen LogP contribution in [0.1, 0.15) is 30.6 Å². The fourth-order valence-corrected chi connectivity index (χ4v) is 3.50. The van der Waals surface area contributed by atoms with E-state index in [1.54, 1.807) is 11.3 Å². The molecule has 6 nitrogen and oxygen atoms in total. The Morgan fingerprint density at radius 2 is 2.08 bits per heavy atom. The van der Waals surface area contributed by atoms with Crippen molar-refractivity contribution in [3.8, 4) is 11.4 Å². The van der Waals surface area contributed by atoms with E-state index >= 15 is 0 Å². The number of thiophene rings is 1. The Hall–Kier alpha value is -2.67. The van der Waals surface area contributed by atoms with Crippen LogP contribution in [0.2, 0.25) is 0 Å². The second-order valence-electron chi connectivity index (χ2n) is 6.16. The molecule has 1 aromatic carbocycles. The maximum atomic E-state index is 12.4. The summed E-state index contributed by atoms with van der Waals surface area (Å²) in [5.41, 5.74) is 1.55. The highest BCUT2D eigenvalue weighted by atomic mass is 32.1. The summed E-state index contributed by atoms with van der Waals surface area (Å²) in [6, 6.07) is 11.3. The molecule has 0 bridgehead atoms. The van der Waals surface area contributed by atoms with Crippen LogP contribution in [-0.2, 0) is 0 Å². The van der Waals surface area contributed by atoms with E-state index in [1.165, 1.54) is 0 Å². The average Bonchev–Trinajstić information content (AvgIpc) is 3.24. The monoisotopic (exact) mass is 355 g/mol. The molecule has 2 aromatic heterocycles. The van der Waals surface area contributed by atoms with Crippen LogP contribution in [0.5, 0.6) is 0 Å². The Bertz CT molecular complexity index is 841. The van der Waals surface area contributed by atoms with Gasteiger partial charge in [0.1, 0.15) is 5.82 Å². The second kappa shape index (κ2) is 7.48. The molecule has 0 saturated heterocycles. The van der Waals surface area contributed by atoms with Gasteiger partial charge < -0.3 is 10.6 Å². The Kier molecular flexibility index (Phi) is 5.14. The molecular weight excluding hydrogens is 334 g/mol. The number of rotatable bonds is 5. The Balaban J connectivity index is 1.70. The number of amides is 2. The Labute approximate surface area is 150 Å². The molecule has 0 spiro atoms. The zero-order chi connectivity index (χ0) is 17.8. The summed E-state index contributed by atoms with van der Waals surface area (Å²) in [5.74, 6) is 1.66. The van der Waals surface area contributed by atoms with E-state index in [4.69, 9.17) is 0 Å². The number of H-pyrrole nitrogens is 1. The van der Waals surface area contributed by atoms with Gasteiger partial charge in [0.15, 0.2) is 5.82 Å². The molecule has 1 atom stereocenters. The molecule has 3 aromatic rings. The van der Waals surface area contributed by atoms with Crippen LogP contribution in [0.4, 0.5) is 10.5 Å². The zero-order valence-electron chi connectivity index (χ0n) is 14.4. The number of benzene rings is 1. The third-order valence-corrected chi connectivity index (χ3v) is 4.73. The summed E-state index contributed by atoms with van der Waals surface area (Å²) in [6.45, 7) is 6.04. The summed E-state index contributed by atoms with van der Waals surface area (Å²) in [6.07, 6.45) is 0. The quantitative estimate of drug-likeness (QED) is 0.636. The largest absolute Gasteiger partial charge is 0.330 e. The first-order valence-electron chi connectivity index (χ1n) is 8.13. The van der Waals surface area contributed by atoms with Crippen molar-refractivity contribution in [2.45, 2.75) is 26.8 Å². The van der Waals surface area contributed by atoms with E-state index in [1.807, 2.05) is 48.7 Å². The molecule has 2 heterocycles. The molecule has 7 heteroatoms. The number of hydrogen-bond donors (Lipinski definition) is 3. The van der Waals surface area contributed by atoms with Crippen LogP contribution >= 0.6 is 11.3 Å². The minimum Gasteiger partial charge on any atom is -0.330 e. The Morgan fingerprint density at radius 1 is 1.24 bits per heavy atom. The van der Waals surface area contributed by atoms with E-state index in [2.05, 4.69) is 39.7 Å². The minimum atomic E-state index is -0.226. The molecule has 130 valence electrons. The highest BCUT2D eigenvalue weighted by Crippen LogP contribution is 2.26. The van der Waals surface area contributed by atoms with Gasteiger partial charge in [0.05, 0.1) is 6.04 Å². The number of aryl methyl sites for hydroxylation is 1. The molecule has 2 amide bonds. The van der Waals surface area contributed by atoms with Gasteiger partial charge in [-0.25, -0.2) is 9.78 Å². The van der Waals surface area contributed by atoms with Gasteiger partial charge in [0.2, 0.25) is 0 Å². The van der Waals surface area contributed by atoms with Crippen LogP contribution in [0.3, 0.4) is 0 Å². The topological polar surface area (TPSA) is 82.7 Å². The molecule has 3 rings (SSSR count). The third-order valence-electron chi connectivity index (χ3n) is 3.78. The molecule has 25 heavy (non-hydrogen) atoms. The van der Waals surface area contributed by atoms with Gasteiger partial charge in [-0.2, -0.15) is 5.10 Å². The number of aromatic nitrogens is 3. The van der Waals surface area contributed by atoms with E-state index in [9.17, 15) is 4.79 Å². The van der Waals surface area contributed by atoms with Crippen LogP contribution in [0.25, 0.3) is 11.4 Å². The van der Waals surface area contributed by atoms with Gasteiger partial charge in [0, 0.05) is 16.1 Å². The van der Waals surface area contributed by atoms with Crippen molar-refractivity contribution in [2.24, 2.45) is 5.92 Å². The number of anilines is 1. The van der Waals surface area contributed by atoms with Gasteiger partial charge in [-0.1, -0.05) is 32.0 Å². The summed E-state index contributed by atoms with van der Waals surface area (Å²) in [7, 11) is 0. The van der Waals surface area contributed by atoms with E-state index < -0.39 is 0 Å². The van der Waals surface area contributed by atoms with Gasteiger partial charge >= 0.3 is 6.03 Å². The predicted molar refractivity (Wildman–Crippen MR) is 101 cm³/mol. The summed E-state index contributed by atoms with van der Waals surface area (Å²) in [5, 5.41) is 14.9. The molecule has 3 N–H and O–H groups in total. The normalized spacial score (nSPS) is 12.2. The van der Waals surface area contributed by atoms with Gasteiger partial charge in [-0.05, 0) is 36.4 Å². The fourth-order valence-electron chi connectivity index (χ4n) is 2.55. The number of hydrogen-bond acceptors (Lipinski definition) is 4. The molecular formula is C18H21N5OS. The summed E-state index contributed by atoms with van der Waals surface area (Å²) < 4.78 is 0. The molecule has 0 fully saturated rings. The average molecular weight is 355 g/mol. The third kappa shape index (κ3) is 4.24. The van der Waals surface area contributed by atoms with Crippen LogP contribution in [0.15, 0.2) is 41.8 Å². The zero-order valence-corrected chi connectivity index (χ0v) is 15.2. The van der Waals surface area contributed by atoms with Crippen molar-refractivity contribution in [3.63, 3.8) is 0 Å². The predicted octanol–water partition coefficient (Wildman–Crippen LogP) is 4.36. The maximum Gasteiger partial charge on any atom is 0.319 e. The molecule has 0 aliphatic carbocycles. The Morgan fingerprint density at radius 3 is 2.72 bits per heavy atom. The first-order chi connectivity index (χ1) is 12.0. The standard InChI is InChI=1S/C18H21N5OS/c1-11(2)16(15-8-5-9-25-15)21-18(24)20-14-7-4-6-13(10-14)17-19-12(3)22-23-17/h4-11,16H,1-3H3,(H,19,22,23)(H2,20,21,24). The van der Waals surface area contributed by atoms with Crippen molar-refractivity contribution in [2.75, 3.05) is 5.32 Å². The van der Waals surface area contributed by atoms with Crippen molar-refractivity contribution >= 4 is 23.1 Å². The first-order valence-corrected chi connectivity index (χ1v) is 9.01. The van der Waals surface area contributed by atoms with E-state index in [0.717, 1.165) is 16.3 Å². The van der Waals surface area contributed by atoms with Crippen molar-refractivity contribution in [1.82, 2.24) is 20.5 Å². The maximum absolute atomic E-state index is 12.4.